The van der Waals surface area contributed by atoms with Gasteiger partial charge >= 0.3 is 6.18 Å². The van der Waals surface area contributed by atoms with Crippen LogP contribution in [0.25, 0.3) is 22.3 Å². The largest absolute Gasteiger partial charge is 0.477 e. The van der Waals surface area contributed by atoms with Gasteiger partial charge in [-0.25, -0.2) is 19.9 Å². The molecule has 2 aliphatic carbocycles. The zero-order chi connectivity index (χ0) is 29.6. The van der Waals surface area contributed by atoms with Crippen molar-refractivity contribution in [3.05, 3.63) is 54.5 Å². The number of benzene rings is 1. The first-order chi connectivity index (χ1) is 20.7. The molecule has 13 heteroatoms. The molecule has 43 heavy (non-hydrogen) atoms. The molecule has 10 nitrogen and oxygen atoms in total. The van der Waals surface area contributed by atoms with Gasteiger partial charge in [-0.3, -0.25) is 9.69 Å². The average Bonchev–Trinajstić information content (AvgIpc) is 3.93. The number of hydrogen-bond acceptors (Lipinski definition) is 8. The lowest BCUT2D eigenvalue weighted by Crippen LogP contribution is -2.48. The third-order valence-electron chi connectivity index (χ3n) is 8.46. The Balaban J connectivity index is 0.987. The Kier molecular flexibility index (Phi) is 6.91. The Morgan fingerprint density at radius 1 is 1.05 bits per heavy atom. The normalized spacial score (nSPS) is 18.5. The van der Waals surface area contributed by atoms with E-state index in [4.69, 9.17) is 4.74 Å². The van der Waals surface area contributed by atoms with Crippen molar-refractivity contribution in [2.24, 2.45) is 11.3 Å². The number of nitrogens with one attached hydrogen (secondary N) is 2. The standard InChI is InChI=1S/C30H31F3N8O2/c31-30(32,33)29(6-7-29)17-43-26-15-23(35-18-36-26)21-3-4-22-24(14-21)38-28(37-22)39-25-13-19(5-8-34-25)16-40-9-11-41(12-10-40)27(42)20-1-2-20/h3-5,8,13-15,18,20H,1-2,6-7,9-12,16-17H2,(H2,34,37,38,39). The molecule has 2 saturated carbocycles. The average molecular weight is 593 g/mol. The van der Waals surface area contributed by atoms with E-state index in [2.05, 4.69) is 35.1 Å². The first kappa shape index (κ1) is 27.6. The number of nitrogens with zero attached hydrogens (tertiary/aromatic N) is 6. The topological polar surface area (TPSA) is 112 Å². The summed E-state index contributed by atoms with van der Waals surface area (Å²) in [6.45, 7) is 3.57. The van der Waals surface area contributed by atoms with Gasteiger partial charge in [-0.15, -0.1) is 0 Å². The van der Waals surface area contributed by atoms with Crippen LogP contribution in [0.2, 0.25) is 0 Å². The van der Waals surface area contributed by atoms with Gasteiger partial charge in [-0.05, 0) is 55.5 Å². The number of fused-ring (bicyclic) bond motifs is 1. The van der Waals surface area contributed by atoms with Gasteiger partial charge in [-0.1, -0.05) is 6.07 Å². The molecule has 0 radical (unpaired) electrons. The van der Waals surface area contributed by atoms with Crippen LogP contribution in [0.4, 0.5) is 24.9 Å². The number of halogens is 3. The molecule has 7 rings (SSSR count). The lowest BCUT2D eigenvalue weighted by Gasteiger charge is -2.34. The Morgan fingerprint density at radius 3 is 2.60 bits per heavy atom. The second kappa shape index (κ2) is 10.8. The van der Waals surface area contributed by atoms with Gasteiger partial charge in [0.05, 0.1) is 16.7 Å². The maximum Gasteiger partial charge on any atom is 0.397 e. The number of aromatic nitrogens is 5. The predicted octanol–water partition coefficient (Wildman–Crippen LogP) is 4.93. The number of carbonyl (C=O) groups excluding carboxylic acids is 1. The molecular weight excluding hydrogens is 561 g/mol. The molecular formula is C30H31F3N8O2. The quantitative estimate of drug-likeness (QED) is 0.281. The summed E-state index contributed by atoms with van der Waals surface area (Å²) >= 11 is 0. The van der Waals surface area contributed by atoms with E-state index < -0.39 is 18.2 Å². The summed E-state index contributed by atoms with van der Waals surface area (Å²) in [5.41, 5.74) is 2.10. The highest BCUT2D eigenvalue weighted by Gasteiger charge is 2.64. The fourth-order valence-electron chi connectivity index (χ4n) is 5.41. The molecule has 0 spiro atoms. The Labute approximate surface area is 245 Å². The molecule has 4 heterocycles. The highest BCUT2D eigenvalue weighted by atomic mass is 19.4. The third-order valence-corrected chi connectivity index (χ3v) is 8.46. The first-order valence-corrected chi connectivity index (χ1v) is 14.5. The summed E-state index contributed by atoms with van der Waals surface area (Å²) in [5.74, 6) is 1.86. The maximum absolute atomic E-state index is 13.3. The van der Waals surface area contributed by atoms with Gasteiger partial charge in [0.1, 0.15) is 24.2 Å². The van der Waals surface area contributed by atoms with E-state index in [1.54, 1.807) is 12.3 Å². The predicted molar refractivity (Wildman–Crippen MR) is 152 cm³/mol. The Hall–Kier alpha value is -4.26. The van der Waals surface area contributed by atoms with E-state index in [0.29, 0.717) is 23.4 Å². The number of ether oxygens (including phenoxy) is 1. The fraction of sp³-hybridized carbons (Fsp3) is 0.433. The number of hydrogen-bond donors (Lipinski definition) is 2. The molecule has 3 fully saturated rings. The van der Waals surface area contributed by atoms with Crippen LogP contribution in [-0.2, 0) is 11.3 Å². The molecule has 1 aromatic carbocycles. The fourth-order valence-corrected chi connectivity index (χ4v) is 5.41. The second-order valence-electron chi connectivity index (χ2n) is 11.7. The molecule has 0 bridgehead atoms. The molecule has 224 valence electrons. The van der Waals surface area contributed by atoms with Crippen molar-refractivity contribution in [1.82, 2.24) is 34.7 Å². The Bertz CT molecular complexity index is 1640. The van der Waals surface area contributed by atoms with E-state index in [1.165, 1.54) is 6.33 Å². The van der Waals surface area contributed by atoms with E-state index in [-0.39, 0.29) is 24.6 Å². The smallest absolute Gasteiger partial charge is 0.397 e. The summed E-state index contributed by atoms with van der Waals surface area (Å²) in [7, 11) is 0. The van der Waals surface area contributed by atoms with Crippen molar-refractivity contribution in [2.75, 3.05) is 38.1 Å². The van der Waals surface area contributed by atoms with Crippen molar-refractivity contribution in [2.45, 2.75) is 38.4 Å². The minimum absolute atomic E-state index is 0.0713. The van der Waals surface area contributed by atoms with Crippen molar-refractivity contribution < 1.29 is 22.7 Å². The van der Waals surface area contributed by atoms with Gasteiger partial charge in [0, 0.05) is 56.5 Å². The van der Waals surface area contributed by atoms with Gasteiger partial charge in [0.15, 0.2) is 0 Å². The molecule has 3 aliphatic rings. The summed E-state index contributed by atoms with van der Waals surface area (Å²) in [6, 6.07) is 11.1. The van der Waals surface area contributed by atoms with Crippen LogP contribution in [-0.4, -0.2) is 79.6 Å². The monoisotopic (exact) mass is 592 g/mol. The van der Waals surface area contributed by atoms with Crippen molar-refractivity contribution in [1.29, 1.82) is 0 Å². The summed E-state index contributed by atoms with van der Waals surface area (Å²) in [6.07, 6.45) is 0.976. The number of anilines is 2. The summed E-state index contributed by atoms with van der Waals surface area (Å²) < 4.78 is 45.2. The van der Waals surface area contributed by atoms with Crippen LogP contribution < -0.4 is 10.1 Å². The lowest BCUT2D eigenvalue weighted by molar-refractivity contribution is -0.194. The van der Waals surface area contributed by atoms with Crippen LogP contribution >= 0.6 is 0 Å². The minimum Gasteiger partial charge on any atom is -0.477 e. The highest BCUT2D eigenvalue weighted by molar-refractivity contribution is 5.83. The molecule has 2 N–H and O–H groups in total. The first-order valence-electron chi connectivity index (χ1n) is 14.5. The zero-order valence-corrected chi connectivity index (χ0v) is 23.4. The molecule has 3 aromatic heterocycles. The van der Waals surface area contributed by atoms with E-state index in [1.807, 2.05) is 35.2 Å². The van der Waals surface area contributed by atoms with Crippen LogP contribution in [0.1, 0.15) is 31.2 Å². The van der Waals surface area contributed by atoms with Crippen LogP contribution in [0, 0.1) is 11.3 Å². The number of imidazole rings is 1. The number of alkyl halides is 3. The Morgan fingerprint density at radius 2 is 1.86 bits per heavy atom. The van der Waals surface area contributed by atoms with Crippen LogP contribution in [0.3, 0.4) is 0 Å². The van der Waals surface area contributed by atoms with E-state index in [9.17, 15) is 18.0 Å². The van der Waals surface area contributed by atoms with Gasteiger partial charge < -0.3 is 19.9 Å². The lowest BCUT2D eigenvalue weighted by atomic mass is 10.1. The van der Waals surface area contributed by atoms with Crippen LogP contribution in [0.15, 0.2) is 48.9 Å². The number of amides is 1. The maximum atomic E-state index is 13.3. The SMILES string of the molecule is O=C(C1CC1)N1CCN(Cc2ccnc(Nc3nc4ccc(-c5cc(OCC6(C(F)(F)F)CC6)ncn5)cc4[nH]3)c2)CC1. The van der Waals surface area contributed by atoms with Crippen molar-refractivity contribution >= 4 is 28.7 Å². The van der Waals surface area contributed by atoms with Crippen molar-refractivity contribution in [3.8, 4) is 17.1 Å². The van der Waals surface area contributed by atoms with Crippen molar-refractivity contribution in [3.63, 3.8) is 0 Å². The molecule has 1 saturated heterocycles. The summed E-state index contributed by atoms with van der Waals surface area (Å²) in [4.78, 5) is 37.3. The highest BCUT2D eigenvalue weighted by Crippen LogP contribution is 2.57. The molecule has 1 amide bonds. The number of H-pyrrole nitrogens is 1. The molecule has 4 aromatic rings. The third kappa shape index (κ3) is 5.99. The van der Waals surface area contributed by atoms with Crippen LogP contribution in [0.5, 0.6) is 5.88 Å². The molecule has 0 unspecified atom stereocenters. The number of aromatic amines is 1. The van der Waals surface area contributed by atoms with E-state index >= 15 is 0 Å². The van der Waals surface area contributed by atoms with E-state index in [0.717, 1.165) is 67.7 Å². The second-order valence-corrected chi connectivity index (χ2v) is 11.7. The number of rotatable bonds is 9. The minimum atomic E-state index is -4.29. The summed E-state index contributed by atoms with van der Waals surface area (Å²) in [5, 5.41) is 3.24. The molecule has 0 atom stereocenters. The van der Waals surface area contributed by atoms with Gasteiger partial charge in [0.25, 0.3) is 0 Å². The van der Waals surface area contributed by atoms with Gasteiger partial charge in [0.2, 0.25) is 17.7 Å². The zero-order valence-electron chi connectivity index (χ0n) is 23.4. The van der Waals surface area contributed by atoms with Gasteiger partial charge in [-0.2, -0.15) is 13.2 Å². The molecule has 1 aliphatic heterocycles. The number of piperazine rings is 1. The number of carbonyl (C=O) groups is 1. The number of pyridine rings is 1.